The molecule has 0 aliphatic carbocycles. The third-order valence-electron chi connectivity index (χ3n) is 3.70. The first-order valence-electron chi connectivity index (χ1n) is 7.47. The minimum Gasteiger partial charge on any atom is -0.507 e. The predicted octanol–water partition coefficient (Wildman–Crippen LogP) is 2.55. The van der Waals surface area contributed by atoms with Crippen molar-refractivity contribution in [2.45, 2.75) is 0 Å². The number of benzene rings is 2. The van der Waals surface area contributed by atoms with Crippen molar-refractivity contribution in [3.8, 4) is 22.6 Å². The first-order valence-corrected chi connectivity index (χ1v) is 7.85. The average molecular weight is 364 g/mol. The minimum absolute atomic E-state index is 0.126. The fourth-order valence-electron chi connectivity index (χ4n) is 2.58. The van der Waals surface area contributed by atoms with Crippen LogP contribution in [0.3, 0.4) is 0 Å². The van der Waals surface area contributed by atoms with E-state index in [2.05, 4.69) is 15.6 Å². The van der Waals surface area contributed by atoms with E-state index in [1.807, 2.05) is 0 Å². The Labute approximate surface area is 148 Å². The molecule has 0 bridgehead atoms. The monoisotopic (exact) mass is 363 g/mol. The number of nitrogens with zero attached hydrogens (tertiary/aromatic N) is 1. The highest BCUT2D eigenvalue weighted by Crippen LogP contribution is 2.41. The second kappa shape index (κ2) is 6.98. The first kappa shape index (κ1) is 17.0. The van der Waals surface area contributed by atoms with Crippen LogP contribution >= 0.6 is 11.6 Å². The maximum Gasteiger partial charge on any atom is 0.284 e. The summed E-state index contributed by atoms with van der Waals surface area (Å²) in [5, 5.41) is 16.2. The highest BCUT2D eigenvalue weighted by Gasteiger charge is 2.24. The van der Waals surface area contributed by atoms with Crippen molar-refractivity contribution < 1.29 is 19.0 Å². The van der Waals surface area contributed by atoms with Gasteiger partial charge in [-0.3, -0.25) is 4.79 Å². The molecular weight excluding hydrogens is 349 g/mol. The Bertz CT molecular complexity index is 862. The molecule has 0 radical (unpaired) electrons. The smallest absolute Gasteiger partial charge is 0.284 e. The average Bonchev–Trinajstić information content (AvgIpc) is 3.09. The molecule has 0 aromatic heterocycles. The number of phenolic OH excluding ortho intramolecular Hbond substituents is 1. The molecule has 0 atom stereocenters. The molecule has 3 N–H and O–H groups in total. The Morgan fingerprint density at radius 1 is 1.28 bits per heavy atom. The molecule has 0 spiro atoms. The molecule has 1 heterocycles. The van der Waals surface area contributed by atoms with E-state index in [9.17, 15) is 14.3 Å². The van der Waals surface area contributed by atoms with Gasteiger partial charge in [-0.1, -0.05) is 11.6 Å². The van der Waals surface area contributed by atoms with E-state index < -0.39 is 11.7 Å². The molecule has 8 heteroatoms. The van der Waals surface area contributed by atoms with E-state index in [1.54, 1.807) is 0 Å². The third kappa shape index (κ3) is 3.36. The molecule has 1 saturated heterocycles. The van der Waals surface area contributed by atoms with Gasteiger partial charge >= 0.3 is 0 Å². The second-order valence-electron chi connectivity index (χ2n) is 5.28. The van der Waals surface area contributed by atoms with E-state index in [0.717, 1.165) is 0 Å². The number of aliphatic imine (C=N–C) groups is 1. The van der Waals surface area contributed by atoms with Crippen LogP contribution in [-0.2, 0) is 0 Å². The van der Waals surface area contributed by atoms with E-state index in [1.165, 1.54) is 37.4 Å². The highest BCUT2D eigenvalue weighted by molar-refractivity contribution is 6.34. The number of guanidine groups is 1. The summed E-state index contributed by atoms with van der Waals surface area (Å²) in [5.74, 6) is -0.926. The van der Waals surface area contributed by atoms with Crippen molar-refractivity contribution in [3.63, 3.8) is 0 Å². The number of halogens is 2. The first-order chi connectivity index (χ1) is 12.0. The molecule has 0 saturated carbocycles. The Balaban J connectivity index is 2.20. The number of hydrogen-bond acceptors (Lipinski definition) is 3. The van der Waals surface area contributed by atoms with Crippen molar-refractivity contribution in [1.82, 2.24) is 10.6 Å². The second-order valence-corrected chi connectivity index (χ2v) is 5.69. The lowest BCUT2D eigenvalue weighted by molar-refractivity contribution is 0.100. The van der Waals surface area contributed by atoms with Crippen LogP contribution in [0.1, 0.15) is 10.4 Å². The van der Waals surface area contributed by atoms with Gasteiger partial charge in [-0.25, -0.2) is 4.39 Å². The molecule has 0 unspecified atom stereocenters. The number of aromatic hydroxyl groups is 1. The van der Waals surface area contributed by atoms with Gasteiger partial charge in [-0.15, -0.1) is 0 Å². The summed E-state index contributed by atoms with van der Waals surface area (Å²) in [4.78, 5) is 16.5. The van der Waals surface area contributed by atoms with E-state index in [0.29, 0.717) is 24.8 Å². The number of phenols is 1. The summed E-state index contributed by atoms with van der Waals surface area (Å²) in [7, 11) is 1.42. The molecule has 3 rings (SSSR count). The summed E-state index contributed by atoms with van der Waals surface area (Å²) in [6.07, 6.45) is 0. The van der Waals surface area contributed by atoms with Crippen LogP contribution in [0, 0.1) is 5.82 Å². The summed E-state index contributed by atoms with van der Waals surface area (Å²) in [5.41, 5.74) is 0.282. The lowest BCUT2D eigenvalue weighted by Gasteiger charge is -2.14. The molecule has 6 nitrogen and oxygen atoms in total. The summed E-state index contributed by atoms with van der Waals surface area (Å²) in [6.45, 7) is 1.27. The fourth-order valence-corrected chi connectivity index (χ4v) is 2.84. The summed E-state index contributed by atoms with van der Waals surface area (Å²) >= 11 is 6.26. The number of ether oxygens (including phenoxy) is 1. The Kier molecular flexibility index (Phi) is 4.76. The number of nitrogens with one attached hydrogen (secondary N) is 2. The lowest BCUT2D eigenvalue weighted by Crippen LogP contribution is -2.25. The number of carbonyl (C=O) groups is 1. The molecule has 130 valence electrons. The van der Waals surface area contributed by atoms with Gasteiger partial charge in [0.15, 0.2) is 5.96 Å². The van der Waals surface area contributed by atoms with Crippen LogP contribution in [0.2, 0.25) is 5.02 Å². The van der Waals surface area contributed by atoms with Gasteiger partial charge in [0.2, 0.25) is 0 Å². The van der Waals surface area contributed by atoms with Crippen molar-refractivity contribution in [1.29, 1.82) is 0 Å². The summed E-state index contributed by atoms with van der Waals surface area (Å²) < 4.78 is 19.0. The molecule has 2 aromatic carbocycles. The zero-order valence-corrected chi connectivity index (χ0v) is 14.0. The van der Waals surface area contributed by atoms with Crippen molar-refractivity contribution in [2.24, 2.45) is 4.99 Å². The van der Waals surface area contributed by atoms with Crippen LogP contribution in [-0.4, -0.2) is 37.2 Å². The van der Waals surface area contributed by atoms with Crippen LogP contribution < -0.4 is 15.4 Å². The van der Waals surface area contributed by atoms with Gasteiger partial charge < -0.3 is 20.5 Å². The van der Waals surface area contributed by atoms with Gasteiger partial charge in [-0.05, 0) is 30.3 Å². The zero-order valence-electron chi connectivity index (χ0n) is 13.3. The molecule has 2 aromatic rings. The minimum atomic E-state index is -0.710. The molecule has 1 aliphatic rings. The number of amides is 1. The van der Waals surface area contributed by atoms with E-state index >= 15 is 0 Å². The van der Waals surface area contributed by atoms with Crippen LogP contribution in [0.4, 0.5) is 4.39 Å². The van der Waals surface area contributed by atoms with Crippen molar-refractivity contribution in [2.75, 3.05) is 20.2 Å². The SMILES string of the molecule is COc1ccc(F)cc1-c1c(Cl)ccc(O)c1C(=O)N=C1NCCN1. The van der Waals surface area contributed by atoms with Gasteiger partial charge in [0.25, 0.3) is 5.91 Å². The molecule has 1 amide bonds. The van der Waals surface area contributed by atoms with E-state index in [4.69, 9.17) is 16.3 Å². The number of carbonyl (C=O) groups excluding carboxylic acids is 1. The van der Waals surface area contributed by atoms with Gasteiger partial charge in [0, 0.05) is 29.2 Å². The molecule has 1 aliphatic heterocycles. The molecular formula is C17H15ClFN3O3. The Hall–Kier alpha value is -2.80. The maximum atomic E-state index is 13.8. The topological polar surface area (TPSA) is 83.0 Å². The van der Waals surface area contributed by atoms with Gasteiger partial charge in [0.05, 0.1) is 12.7 Å². The molecule has 1 fully saturated rings. The van der Waals surface area contributed by atoms with Crippen LogP contribution in [0.5, 0.6) is 11.5 Å². The normalized spacial score (nSPS) is 13.2. The quantitative estimate of drug-likeness (QED) is 0.780. The number of hydrogen-bond donors (Lipinski definition) is 3. The Morgan fingerprint density at radius 2 is 2.00 bits per heavy atom. The number of rotatable bonds is 3. The lowest BCUT2D eigenvalue weighted by atomic mass is 9.97. The van der Waals surface area contributed by atoms with E-state index in [-0.39, 0.29) is 27.5 Å². The largest absolute Gasteiger partial charge is 0.507 e. The van der Waals surface area contributed by atoms with Crippen LogP contribution in [0.25, 0.3) is 11.1 Å². The highest BCUT2D eigenvalue weighted by atomic mass is 35.5. The van der Waals surface area contributed by atoms with Gasteiger partial charge in [0.1, 0.15) is 17.3 Å². The van der Waals surface area contributed by atoms with Gasteiger partial charge in [-0.2, -0.15) is 4.99 Å². The van der Waals surface area contributed by atoms with Crippen LogP contribution in [0.15, 0.2) is 35.3 Å². The predicted molar refractivity (Wildman–Crippen MR) is 92.8 cm³/mol. The molecule has 25 heavy (non-hydrogen) atoms. The standard InChI is InChI=1S/C17H15ClFN3O3/c1-25-13-5-2-9(19)8-10(13)14-11(18)3-4-12(23)15(14)16(24)22-17-20-6-7-21-17/h2-5,8,23H,6-7H2,1H3,(H2,20,21,22,24). The van der Waals surface area contributed by atoms with Crippen molar-refractivity contribution >= 4 is 23.5 Å². The Morgan fingerprint density at radius 3 is 2.68 bits per heavy atom. The fraction of sp³-hybridized carbons (Fsp3) is 0.176. The summed E-state index contributed by atoms with van der Waals surface area (Å²) in [6, 6.07) is 6.56. The van der Waals surface area contributed by atoms with Crippen molar-refractivity contribution in [3.05, 3.63) is 46.7 Å². The third-order valence-corrected chi connectivity index (χ3v) is 4.02. The maximum absolute atomic E-state index is 13.8. The number of methoxy groups -OCH3 is 1. The zero-order chi connectivity index (χ0) is 18.0.